The van der Waals surface area contributed by atoms with E-state index in [-0.39, 0.29) is 24.5 Å². The molecular formula is C17H14BrCl2N3O3. The number of carbonyl (C=O) groups is 2. The minimum Gasteiger partial charge on any atom is -0.507 e. The van der Waals surface area contributed by atoms with Crippen LogP contribution in [0.1, 0.15) is 18.4 Å². The standard InChI is InChI=1S/C17H14BrCl2N3O3/c18-11-1-4-15(24)10(7-11)9-21-23-17(26)6-5-16(25)22-14-8-12(19)2-3-13(14)20/h1-4,7-9,24H,5-6H2,(H,22,25)(H,23,26)/b21-9-. The second kappa shape index (κ2) is 9.56. The Morgan fingerprint density at radius 2 is 1.85 bits per heavy atom. The molecule has 2 rings (SSSR count). The quantitative estimate of drug-likeness (QED) is 0.444. The number of amides is 2. The molecule has 0 unspecified atom stereocenters. The zero-order chi connectivity index (χ0) is 19.1. The number of anilines is 1. The molecule has 0 radical (unpaired) electrons. The third-order valence-corrected chi connectivity index (χ3v) is 4.22. The number of carbonyl (C=O) groups excluding carboxylic acids is 2. The number of phenols is 1. The van der Waals surface area contributed by atoms with Gasteiger partial charge in [-0.05, 0) is 36.4 Å². The van der Waals surface area contributed by atoms with Gasteiger partial charge in [-0.3, -0.25) is 9.59 Å². The highest BCUT2D eigenvalue weighted by Gasteiger charge is 2.09. The van der Waals surface area contributed by atoms with Crippen LogP contribution < -0.4 is 10.7 Å². The average Bonchev–Trinajstić information content (AvgIpc) is 2.59. The molecule has 0 saturated carbocycles. The molecule has 0 aliphatic rings. The van der Waals surface area contributed by atoms with Crippen molar-refractivity contribution in [2.75, 3.05) is 5.32 Å². The number of halogens is 3. The van der Waals surface area contributed by atoms with Crippen molar-refractivity contribution in [1.82, 2.24) is 5.43 Å². The number of nitrogens with one attached hydrogen (secondary N) is 2. The van der Waals surface area contributed by atoms with Gasteiger partial charge in [0.1, 0.15) is 5.75 Å². The van der Waals surface area contributed by atoms with E-state index < -0.39 is 5.91 Å². The molecule has 0 saturated heterocycles. The number of hydrogen-bond donors (Lipinski definition) is 3. The third kappa shape index (κ3) is 6.33. The average molecular weight is 459 g/mol. The zero-order valence-corrected chi connectivity index (χ0v) is 16.4. The fourth-order valence-electron chi connectivity index (χ4n) is 1.89. The van der Waals surface area contributed by atoms with Gasteiger partial charge in [0.05, 0.1) is 16.9 Å². The molecule has 0 spiro atoms. The summed E-state index contributed by atoms with van der Waals surface area (Å²) in [6.07, 6.45) is 1.20. The van der Waals surface area contributed by atoms with E-state index in [2.05, 4.69) is 31.8 Å². The first kappa shape index (κ1) is 20.2. The predicted octanol–water partition coefficient (Wildman–Crippen LogP) is 4.33. The summed E-state index contributed by atoms with van der Waals surface area (Å²) < 4.78 is 0.763. The van der Waals surface area contributed by atoms with Crippen molar-refractivity contribution in [3.05, 3.63) is 56.5 Å². The number of benzene rings is 2. The maximum absolute atomic E-state index is 11.9. The lowest BCUT2D eigenvalue weighted by Crippen LogP contribution is -2.20. The van der Waals surface area contributed by atoms with Crippen LogP contribution in [0.5, 0.6) is 5.75 Å². The Labute approximate surface area is 168 Å². The van der Waals surface area contributed by atoms with Crippen molar-refractivity contribution in [2.45, 2.75) is 12.8 Å². The first-order valence-electron chi connectivity index (χ1n) is 7.40. The van der Waals surface area contributed by atoms with Crippen LogP contribution in [0.15, 0.2) is 46.0 Å². The number of hydrogen-bond acceptors (Lipinski definition) is 4. The zero-order valence-electron chi connectivity index (χ0n) is 13.3. The van der Waals surface area contributed by atoms with Crippen LogP contribution in [-0.4, -0.2) is 23.1 Å². The second-order valence-corrected chi connectivity index (χ2v) is 6.93. The van der Waals surface area contributed by atoms with Crippen LogP contribution in [-0.2, 0) is 9.59 Å². The maximum atomic E-state index is 11.9. The third-order valence-electron chi connectivity index (χ3n) is 3.16. The smallest absolute Gasteiger partial charge is 0.240 e. The van der Waals surface area contributed by atoms with E-state index in [4.69, 9.17) is 23.2 Å². The lowest BCUT2D eigenvalue weighted by Gasteiger charge is -2.07. The molecule has 0 aliphatic carbocycles. The molecule has 136 valence electrons. The van der Waals surface area contributed by atoms with Gasteiger partial charge in [-0.15, -0.1) is 0 Å². The number of rotatable bonds is 6. The van der Waals surface area contributed by atoms with E-state index in [1.165, 1.54) is 18.3 Å². The predicted molar refractivity (Wildman–Crippen MR) is 106 cm³/mol. The van der Waals surface area contributed by atoms with Crippen LogP contribution >= 0.6 is 39.1 Å². The van der Waals surface area contributed by atoms with Crippen molar-refractivity contribution in [3.63, 3.8) is 0 Å². The summed E-state index contributed by atoms with van der Waals surface area (Å²) in [7, 11) is 0. The Bertz CT molecular complexity index is 859. The van der Waals surface area contributed by atoms with E-state index in [9.17, 15) is 14.7 Å². The summed E-state index contributed by atoms with van der Waals surface area (Å²) in [5.74, 6) is -0.787. The number of nitrogens with zero attached hydrogens (tertiary/aromatic N) is 1. The van der Waals surface area contributed by atoms with Gasteiger partial charge in [0.2, 0.25) is 11.8 Å². The Hall–Kier alpha value is -2.09. The Morgan fingerprint density at radius 3 is 2.62 bits per heavy atom. The summed E-state index contributed by atoms with van der Waals surface area (Å²) in [6, 6.07) is 9.52. The monoisotopic (exact) mass is 457 g/mol. The van der Waals surface area contributed by atoms with Crippen LogP contribution in [0.25, 0.3) is 0 Å². The van der Waals surface area contributed by atoms with E-state index in [0.717, 1.165) is 4.47 Å². The molecule has 3 N–H and O–H groups in total. The van der Waals surface area contributed by atoms with E-state index in [1.807, 2.05) is 0 Å². The lowest BCUT2D eigenvalue weighted by atomic mass is 10.2. The van der Waals surface area contributed by atoms with Crippen LogP contribution in [0, 0.1) is 0 Å². The molecule has 0 bridgehead atoms. The van der Waals surface area contributed by atoms with Crippen LogP contribution in [0.2, 0.25) is 10.0 Å². The highest BCUT2D eigenvalue weighted by molar-refractivity contribution is 9.10. The molecule has 2 aromatic carbocycles. The number of aromatic hydroxyl groups is 1. The summed E-state index contributed by atoms with van der Waals surface area (Å²) in [6.45, 7) is 0. The Balaban J connectivity index is 1.81. The number of phenolic OH excluding ortho intramolecular Hbond substituents is 1. The fraction of sp³-hybridized carbons (Fsp3) is 0.118. The number of hydrazone groups is 1. The van der Waals surface area contributed by atoms with Gasteiger partial charge >= 0.3 is 0 Å². The van der Waals surface area contributed by atoms with E-state index in [0.29, 0.717) is 21.3 Å². The largest absolute Gasteiger partial charge is 0.507 e. The molecule has 26 heavy (non-hydrogen) atoms. The van der Waals surface area contributed by atoms with Gasteiger partial charge in [-0.1, -0.05) is 39.1 Å². The molecule has 0 fully saturated rings. The molecule has 2 aromatic rings. The lowest BCUT2D eigenvalue weighted by molar-refractivity contribution is -0.124. The molecule has 2 amide bonds. The van der Waals surface area contributed by atoms with Gasteiger partial charge in [-0.2, -0.15) is 5.10 Å². The molecule has 0 heterocycles. The summed E-state index contributed by atoms with van der Waals surface area (Å²) in [5, 5.41) is 16.8. The first-order chi connectivity index (χ1) is 12.3. The SMILES string of the molecule is O=C(CCC(=O)Nc1cc(Cl)ccc1Cl)N/N=C\c1cc(Br)ccc1O. The first-order valence-corrected chi connectivity index (χ1v) is 8.95. The van der Waals surface area contributed by atoms with E-state index in [1.54, 1.807) is 24.3 Å². The van der Waals surface area contributed by atoms with Crippen molar-refractivity contribution < 1.29 is 14.7 Å². The summed E-state index contributed by atoms with van der Waals surface area (Å²) in [5.41, 5.74) is 3.11. The minimum absolute atomic E-state index is 0.0315. The Morgan fingerprint density at radius 1 is 1.12 bits per heavy atom. The highest BCUT2D eigenvalue weighted by atomic mass is 79.9. The second-order valence-electron chi connectivity index (χ2n) is 5.17. The van der Waals surface area contributed by atoms with E-state index >= 15 is 0 Å². The molecule has 6 nitrogen and oxygen atoms in total. The van der Waals surface area contributed by atoms with Crippen molar-refractivity contribution in [2.24, 2.45) is 5.10 Å². The van der Waals surface area contributed by atoms with Gasteiger partial charge < -0.3 is 10.4 Å². The van der Waals surface area contributed by atoms with Crippen LogP contribution in [0.4, 0.5) is 5.69 Å². The molecule has 0 atom stereocenters. The molecule has 0 aliphatic heterocycles. The van der Waals surface area contributed by atoms with Crippen molar-refractivity contribution in [1.29, 1.82) is 0 Å². The van der Waals surface area contributed by atoms with Gasteiger partial charge in [-0.25, -0.2) is 5.43 Å². The van der Waals surface area contributed by atoms with Crippen LogP contribution in [0.3, 0.4) is 0 Å². The topological polar surface area (TPSA) is 90.8 Å². The van der Waals surface area contributed by atoms with Gasteiger partial charge in [0.25, 0.3) is 0 Å². The fourth-order valence-corrected chi connectivity index (χ4v) is 2.61. The normalized spacial score (nSPS) is 10.7. The molecule has 0 aromatic heterocycles. The molecular weight excluding hydrogens is 445 g/mol. The summed E-state index contributed by atoms with van der Waals surface area (Å²) >= 11 is 15.1. The van der Waals surface area contributed by atoms with Gasteiger partial charge in [0.15, 0.2) is 0 Å². The molecule has 9 heteroatoms. The summed E-state index contributed by atoms with van der Waals surface area (Å²) in [4.78, 5) is 23.6. The van der Waals surface area contributed by atoms with Crippen molar-refractivity contribution >= 4 is 62.8 Å². The van der Waals surface area contributed by atoms with Crippen molar-refractivity contribution in [3.8, 4) is 5.75 Å². The highest BCUT2D eigenvalue weighted by Crippen LogP contribution is 2.25. The Kier molecular flexibility index (Phi) is 7.44. The maximum Gasteiger partial charge on any atom is 0.240 e. The minimum atomic E-state index is -0.442. The van der Waals surface area contributed by atoms with Gasteiger partial charge in [0, 0.05) is 27.9 Å².